The average Bonchev–Trinajstić information content (AvgIpc) is 3.13. The van der Waals surface area contributed by atoms with Gasteiger partial charge in [0.15, 0.2) is 0 Å². The molecule has 1 aliphatic heterocycles. The Bertz CT molecular complexity index is 1100. The van der Waals surface area contributed by atoms with Crippen LogP contribution in [0.3, 0.4) is 0 Å². The number of hydrogen-bond donors (Lipinski definition) is 2. The lowest BCUT2D eigenvalue weighted by Gasteiger charge is -2.25. The molecular weight excluding hydrogens is 402 g/mol. The lowest BCUT2D eigenvalue weighted by Crippen LogP contribution is -2.22. The third kappa shape index (κ3) is 3.52. The van der Waals surface area contributed by atoms with Crippen molar-refractivity contribution in [2.45, 2.75) is 19.3 Å². The number of amides is 1. The van der Waals surface area contributed by atoms with Gasteiger partial charge in [-0.2, -0.15) is 0 Å². The number of carbonyl (C=O) groups excluding carboxylic acids is 1. The van der Waals surface area contributed by atoms with Crippen molar-refractivity contribution in [2.24, 2.45) is 0 Å². The first-order valence-corrected chi connectivity index (χ1v) is 10.4. The maximum atomic E-state index is 12.6. The Morgan fingerprint density at radius 1 is 1.20 bits per heavy atom. The van der Waals surface area contributed by atoms with E-state index in [1.165, 1.54) is 11.3 Å². The first-order chi connectivity index (χ1) is 14.5. The van der Waals surface area contributed by atoms with E-state index in [2.05, 4.69) is 5.32 Å². The number of nitrogens with one attached hydrogen (secondary N) is 1. The van der Waals surface area contributed by atoms with Crippen LogP contribution in [0, 0.1) is 0 Å². The van der Waals surface area contributed by atoms with Gasteiger partial charge in [-0.1, -0.05) is 30.3 Å². The number of anilines is 1. The number of carboxylic acids is 1. The molecule has 2 heterocycles. The molecule has 0 bridgehead atoms. The molecule has 0 fully saturated rings. The zero-order valence-electron chi connectivity index (χ0n) is 16.6. The van der Waals surface area contributed by atoms with Crippen molar-refractivity contribution in [3.8, 4) is 22.6 Å². The first-order valence-electron chi connectivity index (χ1n) is 9.59. The summed E-state index contributed by atoms with van der Waals surface area (Å²) >= 11 is 1.21. The van der Waals surface area contributed by atoms with Crippen molar-refractivity contribution >= 4 is 28.9 Å². The Hall–Kier alpha value is -3.32. The summed E-state index contributed by atoms with van der Waals surface area (Å²) in [5.41, 5.74) is 2.69. The molecule has 2 aromatic carbocycles. The minimum Gasteiger partial charge on any atom is -0.497 e. The van der Waals surface area contributed by atoms with E-state index in [0.717, 1.165) is 10.4 Å². The number of aromatic carboxylic acids is 1. The molecule has 0 aliphatic carbocycles. The quantitative estimate of drug-likeness (QED) is 0.583. The van der Waals surface area contributed by atoms with Crippen molar-refractivity contribution in [1.29, 1.82) is 0 Å². The number of benzene rings is 2. The summed E-state index contributed by atoms with van der Waals surface area (Å²) in [6, 6.07) is 14.8. The van der Waals surface area contributed by atoms with E-state index in [4.69, 9.17) is 9.47 Å². The molecule has 1 atom stereocenters. The fourth-order valence-electron chi connectivity index (χ4n) is 3.78. The molecule has 6 nitrogen and oxygen atoms in total. The Morgan fingerprint density at radius 2 is 1.93 bits per heavy atom. The minimum absolute atomic E-state index is 0.150. The van der Waals surface area contributed by atoms with Crippen molar-refractivity contribution in [3.63, 3.8) is 0 Å². The molecule has 30 heavy (non-hydrogen) atoms. The number of thiophene rings is 1. The second-order valence-corrected chi connectivity index (χ2v) is 7.91. The predicted molar refractivity (Wildman–Crippen MR) is 116 cm³/mol. The topological polar surface area (TPSA) is 84.9 Å². The van der Waals surface area contributed by atoms with E-state index < -0.39 is 5.97 Å². The van der Waals surface area contributed by atoms with Gasteiger partial charge >= 0.3 is 5.97 Å². The molecule has 3 aromatic rings. The third-order valence-electron chi connectivity index (χ3n) is 5.07. The number of hydrogen-bond acceptors (Lipinski definition) is 5. The molecule has 0 saturated heterocycles. The van der Waals surface area contributed by atoms with Gasteiger partial charge in [-0.3, -0.25) is 4.79 Å². The van der Waals surface area contributed by atoms with E-state index >= 15 is 0 Å². The average molecular weight is 423 g/mol. The normalized spacial score (nSPS) is 15.3. The van der Waals surface area contributed by atoms with Gasteiger partial charge in [0.1, 0.15) is 16.4 Å². The SMILES string of the molecule is CCOc1ccccc1[C@H]1CC(=O)Nc2c1sc(C(=O)O)c2-c1ccc(OC)cc1. The predicted octanol–water partition coefficient (Wildman–Crippen LogP) is 4.99. The van der Waals surface area contributed by atoms with Crippen LogP contribution in [-0.4, -0.2) is 30.7 Å². The van der Waals surface area contributed by atoms with E-state index in [0.29, 0.717) is 34.9 Å². The summed E-state index contributed by atoms with van der Waals surface area (Å²) in [6.45, 7) is 2.41. The highest BCUT2D eigenvalue weighted by Gasteiger charge is 2.35. The van der Waals surface area contributed by atoms with Crippen LogP contribution in [0.2, 0.25) is 0 Å². The summed E-state index contributed by atoms with van der Waals surface area (Å²) in [6.07, 6.45) is 0.235. The van der Waals surface area contributed by atoms with E-state index in [-0.39, 0.29) is 23.1 Å². The van der Waals surface area contributed by atoms with Gasteiger partial charge in [0.05, 0.1) is 19.4 Å². The highest BCUT2D eigenvalue weighted by molar-refractivity contribution is 7.15. The van der Waals surface area contributed by atoms with E-state index in [1.807, 2.05) is 31.2 Å². The zero-order valence-corrected chi connectivity index (χ0v) is 17.4. The molecule has 154 valence electrons. The molecule has 1 aliphatic rings. The van der Waals surface area contributed by atoms with Gasteiger partial charge in [-0.25, -0.2) is 4.79 Å². The molecule has 1 aromatic heterocycles. The van der Waals surface area contributed by atoms with Crippen molar-refractivity contribution < 1.29 is 24.2 Å². The van der Waals surface area contributed by atoms with Gasteiger partial charge in [-0.05, 0) is 30.7 Å². The van der Waals surface area contributed by atoms with Gasteiger partial charge < -0.3 is 19.9 Å². The molecular formula is C23H21NO5S. The summed E-state index contributed by atoms with van der Waals surface area (Å²) < 4.78 is 11.0. The monoisotopic (exact) mass is 423 g/mol. The van der Waals surface area contributed by atoms with Crippen LogP contribution in [0.1, 0.15) is 39.4 Å². The molecule has 7 heteroatoms. The maximum Gasteiger partial charge on any atom is 0.346 e. The summed E-state index contributed by atoms with van der Waals surface area (Å²) in [7, 11) is 1.57. The molecule has 0 radical (unpaired) electrons. The minimum atomic E-state index is -1.02. The Kier molecular flexibility index (Phi) is 5.46. The number of ether oxygens (including phenoxy) is 2. The van der Waals surface area contributed by atoms with Gasteiger partial charge in [0.25, 0.3) is 0 Å². The van der Waals surface area contributed by atoms with Crippen LogP contribution in [0.25, 0.3) is 11.1 Å². The smallest absolute Gasteiger partial charge is 0.346 e. The van der Waals surface area contributed by atoms with Crippen LogP contribution >= 0.6 is 11.3 Å². The second kappa shape index (κ2) is 8.20. The standard InChI is InChI=1S/C23H21NO5S/c1-3-29-17-7-5-4-6-15(17)16-12-18(25)24-20-19(22(23(26)27)30-21(16)20)13-8-10-14(28-2)11-9-13/h4-11,16H,3,12H2,1-2H3,(H,24,25)(H,26,27)/t16-/m1/s1. The third-order valence-corrected chi connectivity index (χ3v) is 6.36. The molecule has 2 N–H and O–H groups in total. The van der Waals surface area contributed by atoms with Crippen LogP contribution in [-0.2, 0) is 4.79 Å². The number of carbonyl (C=O) groups is 2. The number of fused-ring (bicyclic) bond motifs is 1. The van der Waals surface area contributed by atoms with Crippen LogP contribution in [0.15, 0.2) is 48.5 Å². The maximum absolute atomic E-state index is 12.6. The first kappa shape index (κ1) is 20.0. The largest absolute Gasteiger partial charge is 0.497 e. The van der Waals surface area contributed by atoms with Crippen molar-refractivity contribution in [1.82, 2.24) is 0 Å². The van der Waals surface area contributed by atoms with Crippen molar-refractivity contribution in [3.05, 3.63) is 63.8 Å². The summed E-state index contributed by atoms with van der Waals surface area (Å²) in [5.74, 6) is -0.0598. The molecule has 0 saturated carbocycles. The highest BCUT2D eigenvalue weighted by Crippen LogP contribution is 2.50. The number of carboxylic acid groups (broad SMARTS) is 1. The van der Waals surface area contributed by atoms with Gasteiger partial charge in [0.2, 0.25) is 5.91 Å². The Labute approximate surface area is 178 Å². The van der Waals surface area contributed by atoms with Gasteiger partial charge in [-0.15, -0.1) is 11.3 Å². The summed E-state index contributed by atoms with van der Waals surface area (Å²) in [4.78, 5) is 25.7. The summed E-state index contributed by atoms with van der Waals surface area (Å²) in [5, 5.41) is 12.8. The number of rotatable bonds is 6. The molecule has 1 amide bonds. The van der Waals surface area contributed by atoms with E-state index in [9.17, 15) is 14.7 Å². The molecule has 0 spiro atoms. The van der Waals surface area contributed by atoms with Crippen molar-refractivity contribution in [2.75, 3.05) is 19.0 Å². The lowest BCUT2D eigenvalue weighted by atomic mass is 9.88. The van der Waals surface area contributed by atoms with Crippen LogP contribution in [0.5, 0.6) is 11.5 Å². The Balaban J connectivity index is 1.90. The van der Waals surface area contributed by atoms with E-state index in [1.54, 1.807) is 31.4 Å². The van der Waals surface area contributed by atoms with Gasteiger partial charge in [0, 0.05) is 28.3 Å². The fraction of sp³-hybridized carbons (Fsp3) is 0.217. The number of methoxy groups -OCH3 is 1. The molecule has 4 rings (SSSR count). The Morgan fingerprint density at radius 3 is 2.60 bits per heavy atom. The zero-order chi connectivity index (χ0) is 21.3. The fourth-order valence-corrected chi connectivity index (χ4v) is 5.01. The number of para-hydroxylation sites is 1. The highest BCUT2D eigenvalue weighted by atomic mass is 32.1. The van der Waals surface area contributed by atoms with Crippen LogP contribution < -0.4 is 14.8 Å². The second-order valence-electron chi connectivity index (χ2n) is 6.85. The van der Waals surface area contributed by atoms with Crippen LogP contribution in [0.4, 0.5) is 5.69 Å². The molecule has 0 unspecified atom stereocenters. The lowest BCUT2D eigenvalue weighted by molar-refractivity contribution is -0.116.